The summed E-state index contributed by atoms with van der Waals surface area (Å²) < 4.78 is 13.5. The number of hydrogen-bond donors (Lipinski definition) is 3. The Bertz CT molecular complexity index is 693. The first-order valence-electron chi connectivity index (χ1n) is 5.69. The molecule has 2 rings (SSSR count). The smallest absolute Gasteiger partial charge is 0.285 e. The summed E-state index contributed by atoms with van der Waals surface area (Å²) in [5, 5.41) is 13.4. The second-order valence-corrected chi connectivity index (χ2v) is 3.95. The summed E-state index contributed by atoms with van der Waals surface area (Å²) in [6.07, 6.45) is 2.88. The van der Waals surface area contributed by atoms with Crippen LogP contribution in [0.5, 0.6) is 0 Å². The van der Waals surface area contributed by atoms with E-state index in [0.29, 0.717) is 11.8 Å². The number of halogens is 1. The van der Waals surface area contributed by atoms with E-state index in [0.717, 1.165) is 6.07 Å². The molecule has 0 atom stereocenters. The lowest BCUT2D eigenvalue weighted by Crippen LogP contribution is -2.16. The standard InChI is InChI=1S/C12H10FN5O3/c13-9-5-11(18(20)21)8(4-10(9)17-14)12(19)16-7-2-1-3-15-6-7/h1-6,17H,14H2,(H,16,19). The molecule has 1 amide bonds. The van der Waals surface area contributed by atoms with E-state index in [-0.39, 0.29) is 11.3 Å². The van der Waals surface area contributed by atoms with Crippen LogP contribution < -0.4 is 16.6 Å². The lowest BCUT2D eigenvalue weighted by molar-refractivity contribution is -0.385. The van der Waals surface area contributed by atoms with Gasteiger partial charge in [-0.15, -0.1) is 0 Å². The number of pyridine rings is 1. The summed E-state index contributed by atoms with van der Waals surface area (Å²) in [5.74, 6) is 3.40. The van der Waals surface area contributed by atoms with Gasteiger partial charge in [0, 0.05) is 6.20 Å². The van der Waals surface area contributed by atoms with Crippen LogP contribution in [-0.2, 0) is 0 Å². The van der Waals surface area contributed by atoms with Gasteiger partial charge in [-0.05, 0) is 18.2 Å². The molecule has 0 bridgehead atoms. The van der Waals surface area contributed by atoms with Gasteiger partial charge in [0.05, 0.1) is 28.6 Å². The fraction of sp³-hybridized carbons (Fsp3) is 0. The van der Waals surface area contributed by atoms with Crippen molar-refractivity contribution in [1.82, 2.24) is 4.98 Å². The van der Waals surface area contributed by atoms with Crippen LogP contribution in [0.3, 0.4) is 0 Å². The first-order chi connectivity index (χ1) is 10.0. The number of nitrogens with one attached hydrogen (secondary N) is 2. The number of benzene rings is 1. The van der Waals surface area contributed by atoms with E-state index in [1.165, 1.54) is 12.4 Å². The maximum atomic E-state index is 13.5. The van der Waals surface area contributed by atoms with Crippen LogP contribution in [-0.4, -0.2) is 15.8 Å². The maximum absolute atomic E-state index is 13.5. The lowest BCUT2D eigenvalue weighted by Gasteiger charge is -2.08. The maximum Gasteiger partial charge on any atom is 0.285 e. The Labute approximate surface area is 117 Å². The van der Waals surface area contributed by atoms with Crippen molar-refractivity contribution in [2.75, 3.05) is 10.7 Å². The average molecular weight is 291 g/mol. The summed E-state index contributed by atoms with van der Waals surface area (Å²) in [6.45, 7) is 0. The number of anilines is 2. The number of hydrazine groups is 1. The predicted octanol–water partition coefficient (Wildman–Crippen LogP) is 1.67. The molecule has 0 aliphatic rings. The zero-order valence-electron chi connectivity index (χ0n) is 10.5. The van der Waals surface area contributed by atoms with Gasteiger partial charge in [0.1, 0.15) is 5.56 Å². The van der Waals surface area contributed by atoms with E-state index >= 15 is 0 Å². The van der Waals surface area contributed by atoms with Crippen molar-refractivity contribution in [3.8, 4) is 0 Å². The molecule has 1 heterocycles. The van der Waals surface area contributed by atoms with Crippen molar-refractivity contribution in [3.63, 3.8) is 0 Å². The van der Waals surface area contributed by atoms with Gasteiger partial charge < -0.3 is 10.7 Å². The summed E-state index contributed by atoms with van der Waals surface area (Å²) in [4.78, 5) is 26.0. The van der Waals surface area contributed by atoms with E-state index in [1.54, 1.807) is 12.1 Å². The number of nitrogen functional groups attached to an aromatic ring is 1. The molecular formula is C12H10FN5O3. The van der Waals surface area contributed by atoms with E-state index in [2.05, 4.69) is 10.3 Å². The summed E-state index contributed by atoms with van der Waals surface area (Å²) in [7, 11) is 0. The zero-order valence-corrected chi connectivity index (χ0v) is 10.5. The molecule has 0 unspecified atom stereocenters. The highest BCUT2D eigenvalue weighted by Gasteiger charge is 2.23. The number of nitrogens with two attached hydrogens (primary N) is 1. The van der Waals surface area contributed by atoms with Crippen molar-refractivity contribution < 1.29 is 14.1 Å². The largest absolute Gasteiger partial charge is 0.321 e. The molecule has 9 heteroatoms. The Hall–Kier alpha value is -3.07. The second kappa shape index (κ2) is 5.92. The Kier molecular flexibility index (Phi) is 4.05. The topological polar surface area (TPSA) is 123 Å². The molecule has 8 nitrogen and oxygen atoms in total. The van der Waals surface area contributed by atoms with Crippen LogP contribution >= 0.6 is 0 Å². The highest BCUT2D eigenvalue weighted by atomic mass is 19.1. The average Bonchev–Trinajstić information content (AvgIpc) is 2.47. The number of carbonyl (C=O) groups excluding carboxylic acids is 1. The van der Waals surface area contributed by atoms with Gasteiger partial charge in [-0.25, -0.2) is 4.39 Å². The molecule has 0 fully saturated rings. The van der Waals surface area contributed by atoms with Gasteiger partial charge in [-0.1, -0.05) is 0 Å². The minimum Gasteiger partial charge on any atom is -0.321 e. The van der Waals surface area contributed by atoms with Crippen LogP contribution in [0.1, 0.15) is 10.4 Å². The molecule has 0 saturated heterocycles. The number of nitrogens with zero attached hydrogens (tertiary/aromatic N) is 2. The molecule has 108 valence electrons. The molecule has 0 aliphatic heterocycles. The van der Waals surface area contributed by atoms with E-state index in [4.69, 9.17) is 5.84 Å². The first-order valence-corrected chi connectivity index (χ1v) is 5.69. The van der Waals surface area contributed by atoms with Crippen molar-refractivity contribution in [3.05, 3.63) is 58.2 Å². The number of aromatic nitrogens is 1. The number of rotatable bonds is 4. The molecule has 2 aromatic rings. The van der Waals surface area contributed by atoms with Crippen molar-refractivity contribution in [2.24, 2.45) is 5.84 Å². The molecular weight excluding hydrogens is 281 g/mol. The van der Waals surface area contributed by atoms with Gasteiger partial charge in [0.2, 0.25) is 0 Å². The van der Waals surface area contributed by atoms with E-state index in [9.17, 15) is 19.3 Å². The van der Waals surface area contributed by atoms with Crippen LogP contribution in [0.2, 0.25) is 0 Å². The third-order valence-corrected chi connectivity index (χ3v) is 2.60. The van der Waals surface area contributed by atoms with E-state index in [1.807, 2.05) is 5.43 Å². The molecule has 1 aromatic heterocycles. The highest BCUT2D eigenvalue weighted by Crippen LogP contribution is 2.26. The van der Waals surface area contributed by atoms with Crippen LogP contribution in [0.4, 0.5) is 21.5 Å². The third kappa shape index (κ3) is 3.09. The van der Waals surface area contributed by atoms with Crippen LogP contribution in [0.15, 0.2) is 36.7 Å². The van der Waals surface area contributed by atoms with Crippen molar-refractivity contribution in [2.45, 2.75) is 0 Å². The highest BCUT2D eigenvalue weighted by molar-refractivity contribution is 6.07. The Morgan fingerprint density at radius 1 is 1.43 bits per heavy atom. The second-order valence-electron chi connectivity index (χ2n) is 3.95. The van der Waals surface area contributed by atoms with Crippen molar-refractivity contribution in [1.29, 1.82) is 0 Å². The zero-order chi connectivity index (χ0) is 15.4. The number of amides is 1. The molecule has 0 radical (unpaired) electrons. The van der Waals surface area contributed by atoms with E-state index < -0.39 is 22.3 Å². The molecule has 1 aromatic carbocycles. The predicted molar refractivity (Wildman–Crippen MR) is 73.1 cm³/mol. The fourth-order valence-corrected chi connectivity index (χ4v) is 1.64. The fourth-order valence-electron chi connectivity index (χ4n) is 1.64. The Morgan fingerprint density at radius 3 is 2.76 bits per heavy atom. The Balaban J connectivity index is 2.41. The number of carbonyl (C=O) groups is 1. The summed E-state index contributed by atoms with van der Waals surface area (Å²) in [5.41, 5.74) is 1.18. The van der Waals surface area contributed by atoms with Gasteiger partial charge in [0.25, 0.3) is 11.6 Å². The number of nitro benzene ring substituents is 1. The number of hydrogen-bond acceptors (Lipinski definition) is 6. The molecule has 0 saturated carbocycles. The number of nitro groups is 1. The van der Waals surface area contributed by atoms with Crippen LogP contribution in [0, 0.1) is 15.9 Å². The van der Waals surface area contributed by atoms with Gasteiger partial charge in [-0.2, -0.15) is 0 Å². The quantitative estimate of drug-likeness (QED) is 0.447. The molecule has 21 heavy (non-hydrogen) atoms. The lowest BCUT2D eigenvalue weighted by atomic mass is 10.1. The molecule has 0 aliphatic carbocycles. The monoisotopic (exact) mass is 291 g/mol. The van der Waals surface area contributed by atoms with Gasteiger partial charge >= 0.3 is 0 Å². The van der Waals surface area contributed by atoms with Crippen molar-refractivity contribution >= 4 is 23.0 Å². The Morgan fingerprint density at radius 2 is 2.19 bits per heavy atom. The summed E-state index contributed by atoms with van der Waals surface area (Å²) >= 11 is 0. The minimum absolute atomic E-state index is 0.225. The first kappa shape index (κ1) is 14.3. The normalized spacial score (nSPS) is 10.0. The van der Waals surface area contributed by atoms with Gasteiger partial charge in [0.15, 0.2) is 5.82 Å². The molecule has 0 spiro atoms. The molecule has 4 N–H and O–H groups in total. The minimum atomic E-state index is -0.929. The van der Waals surface area contributed by atoms with Gasteiger partial charge in [-0.3, -0.25) is 25.7 Å². The SMILES string of the molecule is NNc1cc(C(=O)Nc2cccnc2)c([N+](=O)[O-])cc1F. The third-order valence-electron chi connectivity index (χ3n) is 2.60. The van der Waals surface area contributed by atoms with Crippen LogP contribution in [0.25, 0.3) is 0 Å². The summed E-state index contributed by atoms with van der Waals surface area (Å²) in [6, 6.07) is 4.75.